The molecule has 0 aromatic heterocycles. The van der Waals surface area contributed by atoms with Crippen LogP contribution in [0.15, 0.2) is 61.7 Å². The maximum Gasteiger partial charge on any atom is 0.155 e. The molecule has 2 heteroatoms. The van der Waals surface area contributed by atoms with E-state index in [0.29, 0.717) is 11.4 Å². The third kappa shape index (κ3) is 7.10. The number of allylic oxidation sites excluding steroid dienone is 6. The van der Waals surface area contributed by atoms with Gasteiger partial charge in [-0.15, -0.1) is 0 Å². The van der Waals surface area contributed by atoms with E-state index in [1.54, 1.807) is 12.2 Å². The minimum atomic E-state index is 0.638. The van der Waals surface area contributed by atoms with Crippen molar-refractivity contribution in [3.8, 4) is 6.07 Å². The van der Waals surface area contributed by atoms with Gasteiger partial charge in [-0.1, -0.05) is 125 Å². The van der Waals surface area contributed by atoms with Gasteiger partial charge < -0.3 is 0 Å². The monoisotopic (exact) mass is 356 g/mol. The van der Waals surface area contributed by atoms with Gasteiger partial charge >= 0.3 is 0 Å². The van der Waals surface area contributed by atoms with Gasteiger partial charge in [-0.2, -0.15) is 5.26 Å². The number of benzene rings is 1. The lowest BCUT2D eigenvalue weighted by Gasteiger charge is -2.18. The van der Waals surface area contributed by atoms with Crippen molar-refractivity contribution >= 4 is 18.3 Å². The highest BCUT2D eigenvalue weighted by atomic mass is 14.2. The lowest BCUT2D eigenvalue weighted by atomic mass is 9.55. The second-order valence-corrected chi connectivity index (χ2v) is 7.35. The molecule has 1 aliphatic rings. The molecule has 0 bridgehead atoms. The normalized spacial score (nSPS) is 17.2. The highest BCUT2D eigenvalue weighted by molar-refractivity contribution is 6.55. The molecule has 1 aromatic carbocycles. The largest absolute Gasteiger partial charge is 0.192 e. The Kier molecular flexibility index (Phi) is 9.49. The van der Waals surface area contributed by atoms with Crippen LogP contribution in [0.3, 0.4) is 0 Å². The molecule has 1 aromatic rings. The van der Waals surface area contributed by atoms with Gasteiger partial charge in [-0.25, -0.2) is 0 Å². The standard InChI is InChI=1S/C25H31BN/c1-3-5-14-21(13-4-2)25-19-24(18-17-22(25)20-27)26-23-15-11-9-7-6-8-10-12-16-23/h3-5,13-14,17-19,23H,1-2,6-12,15-16H2/b14-5-,21-13+. The first-order valence-corrected chi connectivity index (χ1v) is 10.3. The predicted molar refractivity (Wildman–Crippen MR) is 119 cm³/mol. The van der Waals surface area contributed by atoms with Crippen molar-refractivity contribution < 1.29 is 0 Å². The maximum atomic E-state index is 9.54. The summed E-state index contributed by atoms with van der Waals surface area (Å²) < 4.78 is 0. The van der Waals surface area contributed by atoms with Gasteiger partial charge in [0.2, 0.25) is 0 Å². The SMILES string of the molecule is C=C/C=C\C(=C/C=C)c1cc([B]C2CCCCCCCCC2)ccc1C#N. The van der Waals surface area contributed by atoms with Gasteiger partial charge in [0.1, 0.15) is 0 Å². The predicted octanol–water partition coefficient (Wildman–Crippen LogP) is 6.51. The van der Waals surface area contributed by atoms with Crippen molar-refractivity contribution in [2.75, 3.05) is 0 Å². The summed E-state index contributed by atoms with van der Waals surface area (Å²) in [6, 6.07) is 8.51. The number of hydrogen-bond donors (Lipinski definition) is 0. The van der Waals surface area contributed by atoms with Crippen LogP contribution in [0.4, 0.5) is 0 Å². The topological polar surface area (TPSA) is 23.8 Å². The summed E-state index contributed by atoms with van der Waals surface area (Å²) in [5.41, 5.74) is 3.86. The van der Waals surface area contributed by atoms with Gasteiger partial charge in [-0.05, 0) is 17.2 Å². The van der Waals surface area contributed by atoms with E-state index in [0.717, 1.165) is 11.1 Å². The molecule has 139 valence electrons. The van der Waals surface area contributed by atoms with Crippen LogP contribution in [-0.2, 0) is 0 Å². The molecule has 1 nitrogen and oxygen atoms in total. The Morgan fingerprint density at radius 2 is 1.67 bits per heavy atom. The second-order valence-electron chi connectivity index (χ2n) is 7.35. The maximum absolute atomic E-state index is 9.54. The average Bonchev–Trinajstić information content (AvgIpc) is 2.70. The summed E-state index contributed by atoms with van der Waals surface area (Å²) in [5.74, 6) is 0.638. The van der Waals surface area contributed by atoms with Crippen molar-refractivity contribution in [1.82, 2.24) is 0 Å². The van der Waals surface area contributed by atoms with Crippen LogP contribution in [0, 0.1) is 11.3 Å². The zero-order valence-electron chi connectivity index (χ0n) is 16.5. The first kappa shape index (κ1) is 21.0. The average molecular weight is 356 g/mol. The van der Waals surface area contributed by atoms with E-state index < -0.39 is 0 Å². The molecule has 0 heterocycles. The van der Waals surface area contributed by atoms with Crippen molar-refractivity contribution in [2.45, 2.75) is 63.6 Å². The molecule has 0 spiro atoms. The summed E-state index contributed by atoms with van der Waals surface area (Å²) in [6.07, 6.45) is 21.5. The lowest BCUT2D eigenvalue weighted by Crippen LogP contribution is -2.21. The Morgan fingerprint density at radius 1 is 1.00 bits per heavy atom. The molecule has 1 saturated carbocycles. The van der Waals surface area contributed by atoms with Crippen LogP contribution in [-0.4, -0.2) is 7.28 Å². The van der Waals surface area contributed by atoms with Crippen LogP contribution in [0.5, 0.6) is 0 Å². The summed E-state index contributed by atoms with van der Waals surface area (Å²) in [6.45, 7) is 7.56. The fourth-order valence-corrected chi connectivity index (χ4v) is 3.82. The van der Waals surface area contributed by atoms with Gasteiger partial charge in [0.25, 0.3) is 0 Å². The summed E-state index contributed by atoms with van der Waals surface area (Å²) in [4.78, 5) is 0. The Balaban J connectivity index is 2.22. The van der Waals surface area contributed by atoms with E-state index >= 15 is 0 Å². The first-order chi connectivity index (χ1) is 13.3. The van der Waals surface area contributed by atoms with Gasteiger partial charge in [-0.3, -0.25) is 0 Å². The van der Waals surface area contributed by atoms with Crippen LogP contribution >= 0.6 is 0 Å². The van der Waals surface area contributed by atoms with E-state index in [4.69, 9.17) is 0 Å². The summed E-state index contributed by atoms with van der Waals surface area (Å²) in [5, 5.41) is 9.54. The smallest absolute Gasteiger partial charge is 0.155 e. The molecule has 0 saturated heterocycles. The summed E-state index contributed by atoms with van der Waals surface area (Å²) in [7, 11) is 2.43. The van der Waals surface area contributed by atoms with Crippen molar-refractivity contribution in [2.24, 2.45) is 0 Å². The molecule has 1 aliphatic carbocycles. The van der Waals surface area contributed by atoms with Gasteiger partial charge in [0.15, 0.2) is 7.28 Å². The van der Waals surface area contributed by atoms with Crippen molar-refractivity contribution in [3.63, 3.8) is 0 Å². The third-order valence-electron chi connectivity index (χ3n) is 5.26. The third-order valence-corrected chi connectivity index (χ3v) is 5.26. The Morgan fingerprint density at radius 3 is 2.26 bits per heavy atom. The number of rotatable bonds is 6. The van der Waals surface area contributed by atoms with Crippen LogP contribution in [0.25, 0.3) is 5.57 Å². The lowest BCUT2D eigenvalue weighted by molar-refractivity contribution is 0.503. The molecule has 0 amide bonds. The minimum absolute atomic E-state index is 0.638. The molecule has 0 unspecified atom stereocenters. The molecular formula is C25H31BN. The minimum Gasteiger partial charge on any atom is -0.192 e. The second kappa shape index (κ2) is 12.2. The van der Waals surface area contributed by atoms with E-state index in [1.165, 1.54) is 63.3 Å². The van der Waals surface area contributed by atoms with Crippen LogP contribution in [0.2, 0.25) is 5.82 Å². The highest BCUT2D eigenvalue weighted by Gasteiger charge is 2.14. The van der Waals surface area contributed by atoms with E-state index in [-0.39, 0.29) is 0 Å². The van der Waals surface area contributed by atoms with Crippen molar-refractivity contribution in [3.05, 3.63) is 72.9 Å². The first-order valence-electron chi connectivity index (χ1n) is 10.3. The van der Waals surface area contributed by atoms with E-state index in [2.05, 4.69) is 38.6 Å². The molecule has 1 radical (unpaired) electrons. The fraction of sp³-hybridized carbons (Fsp3) is 0.400. The Hall–Kier alpha value is -2.27. The zero-order valence-corrected chi connectivity index (χ0v) is 16.5. The highest BCUT2D eigenvalue weighted by Crippen LogP contribution is 2.26. The Labute approximate surface area is 166 Å². The van der Waals surface area contributed by atoms with E-state index in [1.807, 2.05) is 24.3 Å². The molecule has 0 atom stereocenters. The number of nitriles is 1. The molecule has 1 fully saturated rings. The zero-order chi connectivity index (χ0) is 19.3. The van der Waals surface area contributed by atoms with Gasteiger partial charge in [0, 0.05) is 0 Å². The Bertz CT molecular complexity index is 710. The van der Waals surface area contributed by atoms with Crippen LogP contribution < -0.4 is 5.46 Å². The fourth-order valence-electron chi connectivity index (χ4n) is 3.82. The van der Waals surface area contributed by atoms with Crippen LogP contribution in [0.1, 0.15) is 68.9 Å². The number of hydrogen-bond acceptors (Lipinski definition) is 1. The number of nitrogens with zero attached hydrogens (tertiary/aromatic N) is 1. The quantitative estimate of drug-likeness (QED) is 0.421. The molecule has 0 aliphatic heterocycles. The van der Waals surface area contributed by atoms with Gasteiger partial charge in [0.05, 0.1) is 11.6 Å². The van der Waals surface area contributed by atoms with E-state index in [9.17, 15) is 5.26 Å². The molecule has 2 rings (SSSR count). The van der Waals surface area contributed by atoms with Crippen molar-refractivity contribution in [1.29, 1.82) is 5.26 Å². The molecular weight excluding hydrogens is 325 g/mol. The molecule has 27 heavy (non-hydrogen) atoms. The summed E-state index contributed by atoms with van der Waals surface area (Å²) >= 11 is 0. The molecule has 0 N–H and O–H groups in total.